The summed E-state index contributed by atoms with van der Waals surface area (Å²) in [5.41, 5.74) is 2.29. The van der Waals surface area contributed by atoms with E-state index in [2.05, 4.69) is 31.2 Å². The zero-order valence-corrected chi connectivity index (χ0v) is 12.3. The molecule has 3 aromatic rings. The maximum absolute atomic E-state index is 12.5. The van der Waals surface area contributed by atoms with Gasteiger partial charge in [0.15, 0.2) is 0 Å². The molecule has 0 atom stereocenters. The molecule has 0 saturated heterocycles. The Labute approximate surface area is 122 Å². The molecule has 0 radical (unpaired) electrons. The first-order valence-electron chi connectivity index (χ1n) is 6.48. The van der Waals surface area contributed by atoms with Crippen LogP contribution >= 0.6 is 11.8 Å². The van der Waals surface area contributed by atoms with E-state index >= 15 is 0 Å². The van der Waals surface area contributed by atoms with E-state index in [1.54, 1.807) is 0 Å². The first-order valence-corrected chi connectivity index (χ1v) is 7.30. The number of benzene rings is 2. The third kappa shape index (κ3) is 2.37. The highest BCUT2D eigenvalue weighted by Crippen LogP contribution is 2.26. The summed E-state index contributed by atoms with van der Waals surface area (Å²) in [6.45, 7) is 2.06. The standard InChI is InChI=1S/C17H15NOS/c1-12-7-9-13(10-8-12)20-16-11-18(2)15-6-4-3-5-14(15)17(16)19/h3-11H,1-2H3. The number of pyridine rings is 1. The summed E-state index contributed by atoms with van der Waals surface area (Å²) in [4.78, 5) is 14.4. The van der Waals surface area contributed by atoms with Gasteiger partial charge in [-0.2, -0.15) is 0 Å². The Morgan fingerprint density at radius 3 is 2.45 bits per heavy atom. The molecule has 0 aliphatic carbocycles. The van der Waals surface area contributed by atoms with Gasteiger partial charge in [-0.05, 0) is 31.2 Å². The van der Waals surface area contributed by atoms with E-state index in [-0.39, 0.29) is 5.43 Å². The Morgan fingerprint density at radius 2 is 1.70 bits per heavy atom. The van der Waals surface area contributed by atoms with E-state index in [0.29, 0.717) is 0 Å². The molecular weight excluding hydrogens is 266 g/mol. The van der Waals surface area contributed by atoms with Crippen LogP contribution in [0, 0.1) is 6.92 Å². The predicted octanol–water partition coefficient (Wildman–Crippen LogP) is 4.00. The van der Waals surface area contributed by atoms with Crippen LogP contribution in [0.5, 0.6) is 0 Å². The average Bonchev–Trinajstić information content (AvgIpc) is 2.47. The number of para-hydroxylation sites is 1. The first-order chi connectivity index (χ1) is 9.65. The second kappa shape index (κ2) is 5.17. The Bertz CT molecular complexity index is 819. The van der Waals surface area contributed by atoms with Crippen LogP contribution in [0.15, 0.2) is 69.3 Å². The third-order valence-electron chi connectivity index (χ3n) is 3.31. The summed E-state index contributed by atoms with van der Waals surface area (Å²) in [6, 6.07) is 15.9. The number of aromatic nitrogens is 1. The highest BCUT2D eigenvalue weighted by Gasteiger charge is 2.08. The number of fused-ring (bicyclic) bond motifs is 1. The smallest absolute Gasteiger partial charge is 0.203 e. The molecule has 0 saturated carbocycles. The second-order valence-electron chi connectivity index (χ2n) is 4.87. The van der Waals surface area contributed by atoms with Gasteiger partial charge in [-0.3, -0.25) is 4.79 Å². The van der Waals surface area contributed by atoms with E-state index in [4.69, 9.17) is 0 Å². The summed E-state index contributed by atoms with van der Waals surface area (Å²) in [7, 11) is 1.97. The number of aryl methyl sites for hydroxylation is 2. The van der Waals surface area contributed by atoms with E-state index in [1.807, 2.05) is 42.1 Å². The fourth-order valence-corrected chi connectivity index (χ4v) is 3.16. The zero-order valence-electron chi connectivity index (χ0n) is 11.5. The molecule has 0 unspecified atom stereocenters. The molecule has 0 bridgehead atoms. The normalized spacial score (nSPS) is 10.9. The molecule has 2 nitrogen and oxygen atoms in total. The zero-order chi connectivity index (χ0) is 14.1. The minimum absolute atomic E-state index is 0.101. The van der Waals surface area contributed by atoms with Gasteiger partial charge in [-0.1, -0.05) is 41.6 Å². The molecule has 20 heavy (non-hydrogen) atoms. The number of hydrogen-bond acceptors (Lipinski definition) is 2. The van der Waals surface area contributed by atoms with Gasteiger partial charge in [0.2, 0.25) is 5.43 Å². The molecule has 0 aliphatic rings. The van der Waals surface area contributed by atoms with Gasteiger partial charge in [0.05, 0.1) is 10.4 Å². The largest absolute Gasteiger partial charge is 0.349 e. The van der Waals surface area contributed by atoms with Crippen LogP contribution in [0.1, 0.15) is 5.56 Å². The Kier molecular flexibility index (Phi) is 3.36. The van der Waals surface area contributed by atoms with Gasteiger partial charge in [-0.25, -0.2) is 0 Å². The van der Waals surface area contributed by atoms with Crippen LogP contribution in [0.2, 0.25) is 0 Å². The van der Waals surface area contributed by atoms with E-state index in [0.717, 1.165) is 20.7 Å². The fourth-order valence-electron chi connectivity index (χ4n) is 2.22. The topological polar surface area (TPSA) is 22.0 Å². The van der Waals surface area contributed by atoms with Crippen LogP contribution < -0.4 is 5.43 Å². The molecule has 0 aliphatic heterocycles. The van der Waals surface area contributed by atoms with Crippen molar-refractivity contribution in [3.63, 3.8) is 0 Å². The van der Waals surface area contributed by atoms with E-state index < -0.39 is 0 Å². The monoisotopic (exact) mass is 281 g/mol. The minimum atomic E-state index is 0.101. The molecule has 3 rings (SSSR count). The van der Waals surface area contributed by atoms with Crippen molar-refractivity contribution in [2.24, 2.45) is 7.05 Å². The quantitative estimate of drug-likeness (QED) is 0.708. The van der Waals surface area contributed by atoms with Crippen molar-refractivity contribution in [3.8, 4) is 0 Å². The second-order valence-corrected chi connectivity index (χ2v) is 5.98. The molecule has 0 spiro atoms. The van der Waals surface area contributed by atoms with Crippen LogP contribution in [0.25, 0.3) is 10.9 Å². The van der Waals surface area contributed by atoms with Gasteiger partial charge >= 0.3 is 0 Å². The lowest BCUT2D eigenvalue weighted by Crippen LogP contribution is -2.09. The maximum atomic E-state index is 12.5. The van der Waals surface area contributed by atoms with Gasteiger partial charge in [0, 0.05) is 23.5 Å². The lowest BCUT2D eigenvalue weighted by atomic mass is 10.2. The molecule has 2 aromatic carbocycles. The van der Waals surface area contributed by atoms with Gasteiger partial charge < -0.3 is 4.57 Å². The van der Waals surface area contributed by atoms with E-state index in [9.17, 15) is 4.79 Å². The molecule has 0 amide bonds. The van der Waals surface area contributed by atoms with E-state index in [1.165, 1.54) is 17.3 Å². The van der Waals surface area contributed by atoms with Crippen LogP contribution in [0.3, 0.4) is 0 Å². The molecule has 3 heteroatoms. The van der Waals surface area contributed by atoms with Crippen molar-refractivity contribution < 1.29 is 0 Å². The SMILES string of the molecule is Cc1ccc(Sc2cn(C)c3ccccc3c2=O)cc1. The molecule has 1 heterocycles. The minimum Gasteiger partial charge on any atom is -0.349 e. The summed E-state index contributed by atoms with van der Waals surface area (Å²) in [6.07, 6.45) is 1.91. The highest BCUT2D eigenvalue weighted by molar-refractivity contribution is 7.99. The van der Waals surface area contributed by atoms with Crippen LogP contribution in [-0.2, 0) is 7.05 Å². The summed E-state index contributed by atoms with van der Waals surface area (Å²) in [5.74, 6) is 0. The van der Waals surface area contributed by atoms with Gasteiger partial charge in [-0.15, -0.1) is 0 Å². The van der Waals surface area contributed by atoms with Crippen molar-refractivity contribution in [2.45, 2.75) is 16.7 Å². The Morgan fingerprint density at radius 1 is 1.00 bits per heavy atom. The fraction of sp³-hybridized carbons (Fsp3) is 0.118. The summed E-state index contributed by atoms with van der Waals surface area (Å²) < 4.78 is 2.01. The number of hydrogen-bond donors (Lipinski definition) is 0. The van der Waals surface area contributed by atoms with Crippen molar-refractivity contribution in [1.29, 1.82) is 0 Å². The van der Waals surface area contributed by atoms with Crippen molar-refractivity contribution >= 4 is 22.7 Å². The molecule has 0 N–H and O–H groups in total. The summed E-state index contributed by atoms with van der Waals surface area (Å²) >= 11 is 1.52. The molecular formula is C17H15NOS. The summed E-state index contributed by atoms with van der Waals surface area (Å²) in [5, 5.41) is 0.770. The van der Waals surface area contributed by atoms with Crippen LogP contribution in [-0.4, -0.2) is 4.57 Å². The average molecular weight is 281 g/mol. The highest BCUT2D eigenvalue weighted by atomic mass is 32.2. The predicted molar refractivity (Wildman–Crippen MR) is 84.5 cm³/mol. The third-order valence-corrected chi connectivity index (χ3v) is 4.33. The van der Waals surface area contributed by atoms with Gasteiger partial charge in [0.1, 0.15) is 0 Å². The number of rotatable bonds is 2. The Hall–Kier alpha value is -2.00. The Balaban J connectivity index is 2.10. The first kappa shape index (κ1) is 13.0. The van der Waals surface area contributed by atoms with Gasteiger partial charge in [0.25, 0.3) is 0 Å². The van der Waals surface area contributed by atoms with Crippen LogP contribution in [0.4, 0.5) is 0 Å². The van der Waals surface area contributed by atoms with Crippen molar-refractivity contribution in [2.75, 3.05) is 0 Å². The maximum Gasteiger partial charge on any atom is 0.203 e. The lowest BCUT2D eigenvalue weighted by Gasteiger charge is -2.08. The molecule has 100 valence electrons. The molecule has 0 fully saturated rings. The number of nitrogens with zero attached hydrogens (tertiary/aromatic N) is 1. The van der Waals surface area contributed by atoms with Crippen molar-refractivity contribution in [3.05, 3.63) is 70.5 Å². The van der Waals surface area contributed by atoms with Crippen molar-refractivity contribution in [1.82, 2.24) is 4.57 Å². The lowest BCUT2D eigenvalue weighted by molar-refractivity contribution is 0.924. The molecule has 1 aromatic heterocycles.